The molecule has 0 aliphatic rings. The number of hydrogen-bond acceptors (Lipinski definition) is 2. The lowest BCUT2D eigenvalue weighted by molar-refractivity contribution is 0.238. The molecule has 1 unspecified atom stereocenters. The first-order chi connectivity index (χ1) is 5.43. The second kappa shape index (κ2) is 5.11. The molecule has 60 valence electrons. The molecule has 1 aromatic carbocycles. The monoisotopic (exact) mass is 170 g/mol. The largest absolute Gasteiger partial charge is 0.491 e. The maximum Gasteiger partial charge on any atom is 0.119 e. The molecule has 1 atom stereocenters. The number of ether oxygens (including phenoxy) is 1. The highest BCUT2D eigenvalue weighted by atomic mass is 31.0. The third-order valence-electron chi connectivity index (χ3n) is 1.21. The summed E-state index contributed by atoms with van der Waals surface area (Å²) >= 11 is 0. The molecule has 2 nitrogen and oxygen atoms in total. The minimum absolute atomic E-state index is 0.591. The molecule has 0 saturated heterocycles. The molecule has 0 spiro atoms. The van der Waals surface area contributed by atoms with Crippen LogP contribution in [0, 0.1) is 0 Å². The Bertz CT molecular complexity index is 189. The van der Waals surface area contributed by atoms with Crippen molar-refractivity contribution in [3.05, 3.63) is 30.3 Å². The fourth-order valence-electron chi connectivity index (χ4n) is 0.724. The average Bonchev–Trinajstić information content (AvgIpc) is 2.07. The van der Waals surface area contributed by atoms with Crippen LogP contribution in [0.15, 0.2) is 30.3 Å². The van der Waals surface area contributed by atoms with E-state index in [1.807, 2.05) is 30.3 Å². The molecule has 0 N–H and O–H groups in total. The summed E-state index contributed by atoms with van der Waals surface area (Å²) in [5.74, 6) is 0.884. The average molecular weight is 170 g/mol. The zero-order valence-corrected chi connectivity index (χ0v) is 7.35. The van der Waals surface area contributed by atoms with Gasteiger partial charge in [-0.1, -0.05) is 18.2 Å². The topological polar surface area (TPSA) is 18.5 Å². The zero-order valence-electron chi connectivity index (χ0n) is 6.19. The summed E-state index contributed by atoms with van der Waals surface area (Å²) < 4.78 is 10.1. The van der Waals surface area contributed by atoms with Gasteiger partial charge in [-0.25, -0.2) is 0 Å². The molecule has 3 heteroatoms. The summed E-state index contributed by atoms with van der Waals surface area (Å²) in [6, 6.07) is 9.68. The van der Waals surface area contributed by atoms with Gasteiger partial charge < -0.3 is 9.26 Å². The van der Waals surface area contributed by atoms with E-state index in [4.69, 9.17) is 9.26 Å². The summed E-state index contributed by atoms with van der Waals surface area (Å²) in [6.07, 6.45) is 0. The van der Waals surface area contributed by atoms with E-state index in [0.717, 1.165) is 5.75 Å². The van der Waals surface area contributed by atoms with Crippen molar-refractivity contribution >= 4 is 9.47 Å². The number of rotatable bonds is 4. The van der Waals surface area contributed by atoms with E-state index < -0.39 is 0 Å². The van der Waals surface area contributed by atoms with Gasteiger partial charge in [0.2, 0.25) is 0 Å². The number of para-hydroxylation sites is 1. The Hall–Kier alpha value is -0.590. The third-order valence-corrected chi connectivity index (χ3v) is 1.45. The van der Waals surface area contributed by atoms with Crippen molar-refractivity contribution in [2.45, 2.75) is 0 Å². The SMILES string of the molecule is POCCOc1ccccc1. The molecular formula is C8H11O2P. The van der Waals surface area contributed by atoms with E-state index >= 15 is 0 Å². The lowest BCUT2D eigenvalue weighted by atomic mass is 10.3. The predicted molar refractivity (Wildman–Crippen MR) is 47.6 cm³/mol. The van der Waals surface area contributed by atoms with Crippen molar-refractivity contribution in [2.75, 3.05) is 13.2 Å². The Balaban J connectivity index is 2.28. The smallest absolute Gasteiger partial charge is 0.119 e. The third kappa shape index (κ3) is 3.35. The molecule has 1 rings (SSSR count). The molecule has 0 bridgehead atoms. The molecule has 0 aliphatic heterocycles. The Morgan fingerprint density at radius 2 is 1.82 bits per heavy atom. The van der Waals surface area contributed by atoms with E-state index in [9.17, 15) is 0 Å². The second-order valence-electron chi connectivity index (χ2n) is 2.03. The second-order valence-corrected chi connectivity index (χ2v) is 2.37. The molecule has 0 radical (unpaired) electrons. The zero-order chi connectivity index (χ0) is 7.94. The van der Waals surface area contributed by atoms with Crippen LogP contribution in [0.1, 0.15) is 0 Å². The van der Waals surface area contributed by atoms with Crippen molar-refractivity contribution in [1.29, 1.82) is 0 Å². The Morgan fingerprint density at radius 1 is 1.09 bits per heavy atom. The number of benzene rings is 1. The summed E-state index contributed by atoms with van der Waals surface area (Å²) in [4.78, 5) is 0. The van der Waals surface area contributed by atoms with Crippen molar-refractivity contribution in [1.82, 2.24) is 0 Å². The lowest BCUT2D eigenvalue weighted by Crippen LogP contribution is -2.01. The first-order valence-corrected chi connectivity index (χ1v) is 3.90. The van der Waals surface area contributed by atoms with Crippen LogP contribution in [0.4, 0.5) is 0 Å². The van der Waals surface area contributed by atoms with Gasteiger partial charge in [0, 0.05) is 9.47 Å². The molecule has 0 aromatic heterocycles. The molecule has 0 fully saturated rings. The minimum atomic E-state index is 0.591. The molecule has 0 aliphatic carbocycles. The normalized spacial score (nSPS) is 9.55. The van der Waals surface area contributed by atoms with Crippen LogP contribution in [0.5, 0.6) is 5.75 Å². The molecule has 0 saturated carbocycles. The van der Waals surface area contributed by atoms with Crippen LogP contribution in [-0.2, 0) is 4.52 Å². The lowest BCUT2D eigenvalue weighted by Gasteiger charge is -2.03. The van der Waals surface area contributed by atoms with E-state index in [2.05, 4.69) is 9.47 Å². The standard InChI is InChI=1S/C8H11O2P/c11-10-7-6-9-8-4-2-1-3-5-8/h1-5H,6-7,11H2. The Kier molecular flexibility index (Phi) is 3.95. The Morgan fingerprint density at radius 3 is 2.45 bits per heavy atom. The summed E-state index contributed by atoms with van der Waals surface area (Å²) in [7, 11) is 2.19. The van der Waals surface area contributed by atoms with Crippen LogP contribution >= 0.6 is 9.47 Å². The fraction of sp³-hybridized carbons (Fsp3) is 0.250. The highest BCUT2D eigenvalue weighted by Gasteiger charge is 1.88. The van der Waals surface area contributed by atoms with Gasteiger partial charge in [0.25, 0.3) is 0 Å². The van der Waals surface area contributed by atoms with Crippen LogP contribution < -0.4 is 4.74 Å². The minimum Gasteiger partial charge on any atom is -0.491 e. The molecule has 1 aromatic rings. The van der Waals surface area contributed by atoms with Crippen molar-refractivity contribution in [2.24, 2.45) is 0 Å². The molecule has 0 heterocycles. The van der Waals surface area contributed by atoms with Gasteiger partial charge in [-0.2, -0.15) is 0 Å². The van der Waals surface area contributed by atoms with E-state index in [1.165, 1.54) is 0 Å². The van der Waals surface area contributed by atoms with E-state index in [0.29, 0.717) is 13.2 Å². The molecule has 11 heavy (non-hydrogen) atoms. The van der Waals surface area contributed by atoms with E-state index in [-0.39, 0.29) is 0 Å². The van der Waals surface area contributed by atoms with Gasteiger partial charge >= 0.3 is 0 Å². The van der Waals surface area contributed by atoms with Crippen molar-refractivity contribution in [3.63, 3.8) is 0 Å². The van der Waals surface area contributed by atoms with Gasteiger partial charge in [-0.15, -0.1) is 0 Å². The first-order valence-electron chi connectivity index (χ1n) is 3.43. The summed E-state index contributed by atoms with van der Waals surface area (Å²) in [6.45, 7) is 1.19. The maximum atomic E-state index is 5.31. The van der Waals surface area contributed by atoms with Crippen LogP contribution in [0.25, 0.3) is 0 Å². The Labute approximate surface area is 68.8 Å². The first kappa shape index (κ1) is 8.51. The fourth-order valence-corrected chi connectivity index (χ4v) is 0.821. The molecule has 0 amide bonds. The molecular weight excluding hydrogens is 159 g/mol. The van der Waals surface area contributed by atoms with Crippen molar-refractivity contribution in [3.8, 4) is 5.75 Å². The maximum absolute atomic E-state index is 5.31. The van der Waals surface area contributed by atoms with Gasteiger partial charge in [0.15, 0.2) is 0 Å². The van der Waals surface area contributed by atoms with Gasteiger partial charge in [0.1, 0.15) is 12.4 Å². The highest BCUT2D eigenvalue weighted by molar-refractivity contribution is 7.09. The predicted octanol–water partition coefficient (Wildman–Crippen LogP) is 1.87. The summed E-state index contributed by atoms with van der Waals surface area (Å²) in [5.41, 5.74) is 0. The van der Waals surface area contributed by atoms with Gasteiger partial charge in [0.05, 0.1) is 6.61 Å². The van der Waals surface area contributed by atoms with Crippen LogP contribution in [-0.4, -0.2) is 13.2 Å². The van der Waals surface area contributed by atoms with E-state index in [1.54, 1.807) is 0 Å². The van der Waals surface area contributed by atoms with Gasteiger partial charge in [-0.05, 0) is 12.1 Å². The van der Waals surface area contributed by atoms with Crippen LogP contribution in [0.2, 0.25) is 0 Å². The quantitative estimate of drug-likeness (QED) is 0.507. The summed E-state index contributed by atoms with van der Waals surface area (Å²) in [5, 5.41) is 0. The highest BCUT2D eigenvalue weighted by Crippen LogP contribution is 2.07. The van der Waals surface area contributed by atoms with Crippen LogP contribution in [0.3, 0.4) is 0 Å². The van der Waals surface area contributed by atoms with Crippen molar-refractivity contribution < 1.29 is 9.26 Å². The number of hydrogen-bond donors (Lipinski definition) is 0. The van der Waals surface area contributed by atoms with Gasteiger partial charge in [-0.3, -0.25) is 0 Å².